The minimum atomic E-state index is 0.495. The van der Waals surface area contributed by atoms with Crippen LogP contribution < -0.4 is 4.74 Å². The third-order valence-electron chi connectivity index (χ3n) is 2.87. The lowest BCUT2D eigenvalue weighted by Crippen LogP contribution is -1.89. The molecular weight excluding hydrogens is 250 g/mol. The van der Waals surface area contributed by atoms with Gasteiger partial charge in [-0.1, -0.05) is 30.3 Å². The Morgan fingerprint density at radius 1 is 1.00 bits per heavy atom. The van der Waals surface area contributed by atoms with Crippen LogP contribution in [-0.2, 0) is 0 Å². The molecule has 96 valence electrons. The zero-order chi connectivity index (χ0) is 13.8. The molecule has 0 bridgehead atoms. The SMILES string of the molecule is N#Cc1c[nH]nc1-c1ccccc1Oc1ccccc1. The second kappa shape index (κ2) is 5.29. The monoisotopic (exact) mass is 261 g/mol. The number of hydrogen-bond acceptors (Lipinski definition) is 3. The minimum absolute atomic E-state index is 0.495. The van der Waals surface area contributed by atoms with E-state index in [4.69, 9.17) is 10.00 Å². The Morgan fingerprint density at radius 2 is 1.75 bits per heavy atom. The van der Waals surface area contributed by atoms with Crippen molar-refractivity contribution in [1.82, 2.24) is 10.2 Å². The van der Waals surface area contributed by atoms with E-state index >= 15 is 0 Å². The van der Waals surface area contributed by atoms with E-state index in [1.165, 1.54) is 0 Å². The molecule has 0 spiro atoms. The predicted octanol–water partition coefficient (Wildman–Crippen LogP) is 3.74. The zero-order valence-corrected chi connectivity index (χ0v) is 10.6. The number of H-pyrrole nitrogens is 1. The number of rotatable bonds is 3. The van der Waals surface area contributed by atoms with Gasteiger partial charge in [0, 0.05) is 11.8 Å². The van der Waals surface area contributed by atoms with Gasteiger partial charge in [-0.15, -0.1) is 0 Å². The quantitative estimate of drug-likeness (QED) is 0.781. The maximum atomic E-state index is 9.10. The van der Waals surface area contributed by atoms with Crippen LogP contribution in [0, 0.1) is 11.3 Å². The molecule has 3 aromatic rings. The first kappa shape index (κ1) is 12.0. The molecular formula is C16H11N3O. The summed E-state index contributed by atoms with van der Waals surface area (Å²) in [5, 5.41) is 15.9. The highest BCUT2D eigenvalue weighted by atomic mass is 16.5. The van der Waals surface area contributed by atoms with E-state index in [0.29, 0.717) is 17.0 Å². The molecule has 0 aliphatic rings. The predicted molar refractivity (Wildman–Crippen MR) is 75.3 cm³/mol. The Morgan fingerprint density at radius 3 is 2.55 bits per heavy atom. The Balaban J connectivity index is 2.03. The van der Waals surface area contributed by atoms with Gasteiger partial charge < -0.3 is 4.74 Å². The van der Waals surface area contributed by atoms with Crippen LogP contribution in [0.2, 0.25) is 0 Å². The van der Waals surface area contributed by atoms with Crippen molar-refractivity contribution in [2.75, 3.05) is 0 Å². The molecule has 1 heterocycles. The number of ether oxygens (including phenoxy) is 1. The maximum absolute atomic E-state index is 9.10. The molecule has 0 unspecified atom stereocenters. The average Bonchev–Trinajstić information content (AvgIpc) is 2.97. The van der Waals surface area contributed by atoms with Crippen molar-refractivity contribution in [3.8, 4) is 28.8 Å². The van der Waals surface area contributed by atoms with E-state index in [1.807, 2.05) is 54.6 Å². The van der Waals surface area contributed by atoms with Gasteiger partial charge in [0.25, 0.3) is 0 Å². The molecule has 1 aromatic heterocycles. The lowest BCUT2D eigenvalue weighted by Gasteiger charge is -2.09. The summed E-state index contributed by atoms with van der Waals surface area (Å²) in [6, 6.07) is 19.2. The molecule has 4 nitrogen and oxygen atoms in total. The molecule has 2 aromatic carbocycles. The van der Waals surface area contributed by atoms with Gasteiger partial charge >= 0.3 is 0 Å². The maximum Gasteiger partial charge on any atom is 0.136 e. The molecule has 1 N–H and O–H groups in total. The molecule has 0 aliphatic carbocycles. The van der Waals surface area contributed by atoms with E-state index in [9.17, 15) is 0 Å². The molecule has 0 radical (unpaired) electrons. The van der Waals surface area contributed by atoms with Gasteiger partial charge in [0.15, 0.2) is 0 Å². The van der Waals surface area contributed by atoms with Crippen molar-refractivity contribution in [2.45, 2.75) is 0 Å². The molecule has 4 heteroatoms. The first-order chi connectivity index (χ1) is 9.88. The minimum Gasteiger partial charge on any atom is -0.457 e. The number of nitrogens with one attached hydrogen (secondary N) is 1. The van der Waals surface area contributed by atoms with E-state index in [2.05, 4.69) is 16.3 Å². The average molecular weight is 261 g/mol. The number of aromatic amines is 1. The van der Waals surface area contributed by atoms with E-state index in [0.717, 1.165) is 11.3 Å². The van der Waals surface area contributed by atoms with Crippen molar-refractivity contribution in [1.29, 1.82) is 5.26 Å². The number of nitrogens with zero attached hydrogens (tertiary/aromatic N) is 2. The molecule has 0 saturated carbocycles. The summed E-state index contributed by atoms with van der Waals surface area (Å²) in [5.41, 5.74) is 1.88. The Bertz CT molecular complexity index is 757. The fourth-order valence-corrected chi connectivity index (χ4v) is 1.95. The number of para-hydroxylation sites is 2. The molecule has 0 aliphatic heterocycles. The number of benzene rings is 2. The van der Waals surface area contributed by atoms with Gasteiger partial charge in [-0.05, 0) is 24.3 Å². The summed E-state index contributed by atoms with van der Waals surface area (Å²) in [6.07, 6.45) is 1.58. The summed E-state index contributed by atoms with van der Waals surface area (Å²) < 4.78 is 5.87. The van der Waals surface area contributed by atoms with Crippen molar-refractivity contribution in [3.05, 3.63) is 66.4 Å². The van der Waals surface area contributed by atoms with Crippen LogP contribution in [0.25, 0.3) is 11.3 Å². The molecule has 0 saturated heterocycles. The van der Waals surface area contributed by atoms with Gasteiger partial charge in [0.1, 0.15) is 23.3 Å². The van der Waals surface area contributed by atoms with Gasteiger partial charge in [0.05, 0.1) is 5.56 Å². The zero-order valence-electron chi connectivity index (χ0n) is 10.6. The number of nitriles is 1. The fourth-order valence-electron chi connectivity index (χ4n) is 1.95. The van der Waals surface area contributed by atoms with Crippen molar-refractivity contribution in [3.63, 3.8) is 0 Å². The Kier molecular flexibility index (Phi) is 3.17. The van der Waals surface area contributed by atoms with Crippen LogP contribution in [0.1, 0.15) is 5.56 Å². The van der Waals surface area contributed by atoms with Gasteiger partial charge in [0.2, 0.25) is 0 Å². The number of hydrogen-bond donors (Lipinski definition) is 1. The van der Waals surface area contributed by atoms with Crippen LogP contribution in [0.5, 0.6) is 11.5 Å². The number of aromatic nitrogens is 2. The summed E-state index contributed by atoms with van der Waals surface area (Å²) in [7, 11) is 0. The summed E-state index contributed by atoms with van der Waals surface area (Å²) >= 11 is 0. The Labute approximate surface area is 116 Å². The molecule has 20 heavy (non-hydrogen) atoms. The molecule has 3 rings (SSSR count). The first-order valence-corrected chi connectivity index (χ1v) is 6.14. The van der Waals surface area contributed by atoms with E-state index in [-0.39, 0.29) is 0 Å². The Hall–Kier alpha value is -3.06. The lowest BCUT2D eigenvalue weighted by molar-refractivity contribution is 0.484. The summed E-state index contributed by atoms with van der Waals surface area (Å²) in [4.78, 5) is 0. The highest BCUT2D eigenvalue weighted by molar-refractivity contribution is 5.72. The molecule has 0 amide bonds. The van der Waals surface area contributed by atoms with Gasteiger partial charge in [-0.25, -0.2) is 0 Å². The molecule has 0 atom stereocenters. The summed E-state index contributed by atoms with van der Waals surface area (Å²) in [5.74, 6) is 1.41. The van der Waals surface area contributed by atoms with E-state index < -0.39 is 0 Å². The van der Waals surface area contributed by atoms with Crippen LogP contribution in [0.3, 0.4) is 0 Å². The smallest absolute Gasteiger partial charge is 0.136 e. The summed E-state index contributed by atoms with van der Waals surface area (Å²) in [6.45, 7) is 0. The fraction of sp³-hybridized carbons (Fsp3) is 0. The highest BCUT2D eigenvalue weighted by Gasteiger charge is 2.13. The third kappa shape index (κ3) is 2.25. The van der Waals surface area contributed by atoms with Crippen LogP contribution >= 0.6 is 0 Å². The largest absolute Gasteiger partial charge is 0.457 e. The van der Waals surface area contributed by atoms with E-state index in [1.54, 1.807) is 6.20 Å². The van der Waals surface area contributed by atoms with Crippen LogP contribution in [0.15, 0.2) is 60.8 Å². The van der Waals surface area contributed by atoms with Crippen LogP contribution in [0.4, 0.5) is 0 Å². The standard InChI is InChI=1S/C16H11N3O/c17-10-12-11-18-19-16(12)14-8-4-5-9-15(14)20-13-6-2-1-3-7-13/h1-9,11H,(H,18,19). The highest BCUT2D eigenvalue weighted by Crippen LogP contribution is 2.33. The molecule has 0 fully saturated rings. The second-order valence-electron chi connectivity index (χ2n) is 4.17. The lowest BCUT2D eigenvalue weighted by atomic mass is 10.1. The topological polar surface area (TPSA) is 61.7 Å². The van der Waals surface area contributed by atoms with Crippen LogP contribution in [-0.4, -0.2) is 10.2 Å². The second-order valence-corrected chi connectivity index (χ2v) is 4.17. The normalized spacial score (nSPS) is 9.95. The van der Waals surface area contributed by atoms with Crippen molar-refractivity contribution in [2.24, 2.45) is 0 Å². The first-order valence-electron chi connectivity index (χ1n) is 6.14. The van der Waals surface area contributed by atoms with Crippen molar-refractivity contribution >= 4 is 0 Å². The van der Waals surface area contributed by atoms with Gasteiger partial charge in [-0.3, -0.25) is 5.10 Å². The van der Waals surface area contributed by atoms with Crippen molar-refractivity contribution < 1.29 is 4.74 Å². The van der Waals surface area contributed by atoms with Gasteiger partial charge in [-0.2, -0.15) is 10.4 Å². The third-order valence-corrected chi connectivity index (χ3v) is 2.87.